The number of aromatic nitrogens is 2. The van der Waals surface area contributed by atoms with E-state index in [0.29, 0.717) is 5.56 Å². The number of carbonyl (C=O) groups is 1. The van der Waals surface area contributed by atoms with Gasteiger partial charge in [0, 0.05) is 22.4 Å². The van der Waals surface area contributed by atoms with E-state index in [1.165, 1.54) is 6.07 Å². The molecule has 0 N–H and O–H groups in total. The van der Waals surface area contributed by atoms with Crippen LogP contribution >= 0.6 is 22.6 Å². The summed E-state index contributed by atoms with van der Waals surface area (Å²) in [6.07, 6.45) is 3.24. The van der Waals surface area contributed by atoms with Gasteiger partial charge in [-0.15, -0.1) is 0 Å². The summed E-state index contributed by atoms with van der Waals surface area (Å²) < 4.78 is 28.1. The highest BCUT2D eigenvalue weighted by atomic mass is 127. The molecule has 2 heterocycles. The monoisotopic (exact) mass is 403 g/mol. The Labute approximate surface area is 129 Å². The molecule has 2 aromatic rings. The van der Waals surface area contributed by atoms with Gasteiger partial charge in [-0.1, -0.05) is 0 Å². The van der Waals surface area contributed by atoms with E-state index >= 15 is 0 Å². The van der Waals surface area contributed by atoms with Crippen molar-refractivity contribution in [2.45, 2.75) is 11.4 Å². The maximum absolute atomic E-state index is 12.4. The van der Waals surface area contributed by atoms with Gasteiger partial charge in [-0.25, -0.2) is 12.7 Å². The zero-order chi connectivity index (χ0) is 14.5. The molecule has 3 rings (SSSR count). The Bertz CT molecular complexity index is 813. The van der Waals surface area contributed by atoms with Gasteiger partial charge in [0.05, 0.1) is 18.3 Å². The molecule has 104 valence electrons. The minimum Gasteiger partial charge on any atom is -0.275 e. The lowest BCUT2D eigenvalue weighted by atomic mass is 10.2. The van der Waals surface area contributed by atoms with Gasteiger partial charge in [0.2, 0.25) is 0 Å². The molecule has 20 heavy (non-hydrogen) atoms. The molecule has 0 aliphatic carbocycles. The molecule has 0 saturated heterocycles. The molecule has 0 atom stereocenters. The number of hydrogen-bond donors (Lipinski definition) is 0. The van der Waals surface area contributed by atoms with E-state index in [1.54, 1.807) is 36.3 Å². The average Bonchev–Trinajstić information content (AvgIpc) is 2.86. The number of hydrogen-bond acceptors (Lipinski definition) is 4. The smallest absolute Gasteiger partial charge is 0.269 e. The number of aryl methyl sites for hydroxylation is 1. The molecule has 0 saturated carbocycles. The second-order valence-electron chi connectivity index (χ2n) is 4.48. The minimum absolute atomic E-state index is 0.000264. The number of fused-ring (bicyclic) bond motifs is 1. The van der Waals surface area contributed by atoms with E-state index in [1.807, 2.05) is 0 Å². The van der Waals surface area contributed by atoms with Crippen molar-refractivity contribution in [3.05, 3.63) is 45.3 Å². The maximum Gasteiger partial charge on any atom is 0.269 e. The molecule has 0 radical (unpaired) electrons. The Balaban J connectivity index is 2.05. The Morgan fingerprint density at radius 2 is 2.10 bits per heavy atom. The third-order valence-electron chi connectivity index (χ3n) is 3.05. The molecule has 0 fully saturated rings. The summed E-state index contributed by atoms with van der Waals surface area (Å²) in [4.78, 5) is 12.4. The van der Waals surface area contributed by atoms with E-state index in [4.69, 9.17) is 0 Å². The molecule has 1 aliphatic heterocycles. The van der Waals surface area contributed by atoms with E-state index in [0.717, 1.165) is 7.88 Å². The van der Waals surface area contributed by atoms with Gasteiger partial charge < -0.3 is 0 Å². The molecule has 8 heteroatoms. The van der Waals surface area contributed by atoms with Crippen LogP contribution in [-0.2, 0) is 23.6 Å². The fourth-order valence-electron chi connectivity index (χ4n) is 2.13. The molecule has 0 bridgehead atoms. The predicted octanol–water partition coefficient (Wildman–Crippen LogP) is 1.37. The van der Waals surface area contributed by atoms with Crippen molar-refractivity contribution in [1.29, 1.82) is 0 Å². The standard InChI is InChI=1S/C12H10IN3O3S/c1-15-6-8(5-14-15)7-16-12(17)10-4-9(13)2-3-11(10)20(16,18)19/h2-6H,7H2,1H3. The van der Waals surface area contributed by atoms with E-state index in [-0.39, 0.29) is 17.0 Å². The first-order valence-corrected chi connectivity index (χ1v) is 8.25. The second-order valence-corrected chi connectivity index (χ2v) is 7.56. The molecule has 6 nitrogen and oxygen atoms in total. The number of halogens is 1. The van der Waals surface area contributed by atoms with E-state index < -0.39 is 15.9 Å². The minimum atomic E-state index is -3.76. The van der Waals surface area contributed by atoms with Crippen LogP contribution in [-0.4, -0.2) is 28.4 Å². The fourth-order valence-corrected chi connectivity index (χ4v) is 4.16. The molecule has 1 aromatic carbocycles. The lowest BCUT2D eigenvalue weighted by molar-refractivity contribution is 0.0865. The third kappa shape index (κ3) is 2.03. The predicted molar refractivity (Wildman–Crippen MR) is 79.4 cm³/mol. The number of rotatable bonds is 2. The second kappa shape index (κ2) is 4.55. The van der Waals surface area contributed by atoms with Crippen LogP contribution in [0.5, 0.6) is 0 Å². The molecule has 1 aliphatic rings. The number of amides is 1. The third-order valence-corrected chi connectivity index (χ3v) is 5.51. The zero-order valence-corrected chi connectivity index (χ0v) is 13.4. The normalized spacial score (nSPS) is 16.5. The number of sulfonamides is 1. The summed E-state index contributed by atoms with van der Waals surface area (Å²) in [7, 11) is -2.02. The van der Waals surface area contributed by atoms with Crippen molar-refractivity contribution in [1.82, 2.24) is 14.1 Å². The van der Waals surface area contributed by atoms with E-state index in [9.17, 15) is 13.2 Å². The quantitative estimate of drug-likeness (QED) is 0.711. The summed E-state index contributed by atoms with van der Waals surface area (Å²) in [6.45, 7) is 0.000264. The maximum atomic E-state index is 12.4. The first-order chi connectivity index (χ1) is 9.39. The molecular weight excluding hydrogens is 393 g/mol. The largest absolute Gasteiger partial charge is 0.275 e. The Morgan fingerprint density at radius 3 is 2.75 bits per heavy atom. The van der Waals surface area contributed by atoms with Crippen molar-refractivity contribution >= 4 is 38.5 Å². The van der Waals surface area contributed by atoms with Gasteiger partial charge in [-0.3, -0.25) is 9.48 Å². The SMILES string of the molecule is Cn1cc(CN2C(=O)c3cc(I)ccc3S2(=O)=O)cn1. The molecule has 0 unspecified atom stereocenters. The van der Waals surface area contributed by atoms with Crippen molar-refractivity contribution < 1.29 is 13.2 Å². The topological polar surface area (TPSA) is 72.3 Å². The van der Waals surface area contributed by atoms with Crippen LogP contribution in [0.3, 0.4) is 0 Å². The first-order valence-electron chi connectivity index (χ1n) is 5.74. The van der Waals surface area contributed by atoms with Crippen LogP contribution in [0.25, 0.3) is 0 Å². The van der Waals surface area contributed by atoms with Gasteiger partial charge >= 0.3 is 0 Å². The van der Waals surface area contributed by atoms with Crippen LogP contribution in [0, 0.1) is 3.57 Å². The Kier molecular flexibility index (Phi) is 3.09. The number of carbonyl (C=O) groups excluding carboxylic acids is 1. The van der Waals surface area contributed by atoms with Gasteiger partial charge in [0.15, 0.2) is 0 Å². The highest BCUT2D eigenvalue weighted by Gasteiger charge is 2.41. The number of benzene rings is 1. The Morgan fingerprint density at radius 1 is 1.35 bits per heavy atom. The average molecular weight is 403 g/mol. The van der Waals surface area contributed by atoms with Crippen molar-refractivity contribution in [2.75, 3.05) is 0 Å². The zero-order valence-electron chi connectivity index (χ0n) is 10.4. The first kappa shape index (κ1) is 13.6. The van der Waals surface area contributed by atoms with Crippen molar-refractivity contribution in [3.8, 4) is 0 Å². The Hall–Kier alpha value is -1.42. The van der Waals surface area contributed by atoms with Crippen LogP contribution in [0.15, 0.2) is 35.5 Å². The summed E-state index contributed by atoms with van der Waals surface area (Å²) in [5, 5.41) is 3.98. The van der Waals surface area contributed by atoms with E-state index in [2.05, 4.69) is 27.7 Å². The molecule has 1 aromatic heterocycles. The van der Waals surface area contributed by atoms with Gasteiger partial charge in [-0.05, 0) is 40.8 Å². The fraction of sp³-hybridized carbons (Fsp3) is 0.167. The highest BCUT2D eigenvalue weighted by molar-refractivity contribution is 14.1. The molecule has 0 spiro atoms. The van der Waals surface area contributed by atoms with Gasteiger partial charge in [0.1, 0.15) is 4.90 Å². The van der Waals surface area contributed by atoms with Crippen molar-refractivity contribution in [2.24, 2.45) is 7.05 Å². The van der Waals surface area contributed by atoms with Crippen LogP contribution in [0.2, 0.25) is 0 Å². The van der Waals surface area contributed by atoms with Gasteiger partial charge in [-0.2, -0.15) is 5.10 Å². The van der Waals surface area contributed by atoms with Crippen molar-refractivity contribution in [3.63, 3.8) is 0 Å². The van der Waals surface area contributed by atoms with Crippen LogP contribution in [0.4, 0.5) is 0 Å². The van der Waals surface area contributed by atoms with Crippen LogP contribution < -0.4 is 0 Å². The van der Waals surface area contributed by atoms with Gasteiger partial charge in [0.25, 0.3) is 15.9 Å². The highest BCUT2D eigenvalue weighted by Crippen LogP contribution is 2.32. The summed E-state index contributed by atoms with van der Waals surface area (Å²) in [6, 6.07) is 4.75. The summed E-state index contributed by atoms with van der Waals surface area (Å²) in [5.41, 5.74) is 0.910. The lowest BCUT2D eigenvalue weighted by Crippen LogP contribution is -2.29. The summed E-state index contributed by atoms with van der Waals surface area (Å²) >= 11 is 2.05. The lowest BCUT2D eigenvalue weighted by Gasteiger charge is -2.13. The number of nitrogens with zero attached hydrogens (tertiary/aromatic N) is 3. The summed E-state index contributed by atoms with van der Waals surface area (Å²) in [5.74, 6) is -0.484. The van der Waals surface area contributed by atoms with Crippen LogP contribution in [0.1, 0.15) is 15.9 Å². The molecule has 1 amide bonds. The molecular formula is C12H10IN3O3S.